The normalized spacial score (nSPS) is 12.0. The summed E-state index contributed by atoms with van der Waals surface area (Å²) in [7, 11) is 1.32. The molecule has 0 saturated heterocycles. The van der Waals surface area contributed by atoms with Crippen LogP contribution in [-0.2, 0) is 16.1 Å². The van der Waals surface area contributed by atoms with E-state index in [0.29, 0.717) is 31.0 Å². The van der Waals surface area contributed by atoms with Crippen molar-refractivity contribution >= 4 is 11.9 Å². The predicted octanol–water partition coefficient (Wildman–Crippen LogP) is 1.41. The molecule has 0 fully saturated rings. The highest BCUT2D eigenvalue weighted by Crippen LogP contribution is 2.09. The fourth-order valence-corrected chi connectivity index (χ4v) is 1.85. The number of ether oxygens (including phenoxy) is 1. The highest BCUT2D eigenvalue weighted by Gasteiger charge is 2.18. The third-order valence-corrected chi connectivity index (χ3v) is 3.10. The molecule has 0 aliphatic carbocycles. The molecule has 20 heavy (non-hydrogen) atoms. The van der Waals surface area contributed by atoms with Crippen molar-refractivity contribution in [3.05, 3.63) is 23.7 Å². The van der Waals surface area contributed by atoms with Gasteiger partial charge in [0.1, 0.15) is 12.0 Å². The van der Waals surface area contributed by atoms with E-state index in [0.717, 1.165) is 0 Å². The lowest BCUT2D eigenvalue weighted by atomic mass is 10.2. The van der Waals surface area contributed by atoms with Crippen molar-refractivity contribution in [3.8, 4) is 0 Å². The average Bonchev–Trinajstić information content (AvgIpc) is 2.93. The van der Waals surface area contributed by atoms with Gasteiger partial charge in [-0.25, -0.2) is 4.79 Å². The Bertz CT molecular complexity index is 452. The topological polar surface area (TPSA) is 71.8 Å². The molecule has 0 saturated carbocycles. The van der Waals surface area contributed by atoms with Crippen LogP contribution in [0, 0.1) is 0 Å². The van der Waals surface area contributed by atoms with Gasteiger partial charge in [-0.1, -0.05) is 0 Å². The number of furan rings is 1. The molecule has 0 aromatic carbocycles. The number of hydrogen-bond donors (Lipinski definition) is 1. The molecular weight excluding hydrogens is 260 g/mol. The average molecular weight is 282 g/mol. The molecule has 1 aromatic heterocycles. The molecule has 6 heteroatoms. The molecule has 1 atom stereocenters. The number of hydrogen-bond acceptors (Lipinski definition) is 5. The Hall–Kier alpha value is -1.82. The maximum Gasteiger partial charge on any atom is 0.341 e. The lowest BCUT2D eigenvalue weighted by molar-refractivity contribution is -0.132. The van der Waals surface area contributed by atoms with E-state index >= 15 is 0 Å². The highest BCUT2D eigenvalue weighted by atomic mass is 16.5. The molecule has 1 amide bonds. The van der Waals surface area contributed by atoms with Crippen LogP contribution in [0.1, 0.15) is 36.9 Å². The van der Waals surface area contributed by atoms with Gasteiger partial charge < -0.3 is 14.1 Å². The third kappa shape index (κ3) is 4.09. The van der Waals surface area contributed by atoms with Crippen molar-refractivity contribution in [2.45, 2.75) is 33.4 Å². The van der Waals surface area contributed by atoms with Crippen molar-refractivity contribution in [3.63, 3.8) is 0 Å². The quantitative estimate of drug-likeness (QED) is 0.766. The van der Waals surface area contributed by atoms with Crippen LogP contribution in [0.3, 0.4) is 0 Å². The number of nitrogens with zero attached hydrogens (tertiary/aromatic N) is 1. The molecule has 1 aromatic rings. The van der Waals surface area contributed by atoms with Gasteiger partial charge in [0, 0.05) is 13.1 Å². The van der Waals surface area contributed by atoms with E-state index in [2.05, 4.69) is 10.1 Å². The number of rotatable bonds is 7. The molecule has 1 rings (SSSR count). The van der Waals surface area contributed by atoms with Gasteiger partial charge in [-0.3, -0.25) is 10.1 Å². The molecule has 6 nitrogen and oxygen atoms in total. The molecule has 1 unspecified atom stereocenters. The van der Waals surface area contributed by atoms with E-state index in [1.807, 2.05) is 20.8 Å². The number of esters is 1. The summed E-state index contributed by atoms with van der Waals surface area (Å²) >= 11 is 0. The Morgan fingerprint density at radius 3 is 2.60 bits per heavy atom. The Morgan fingerprint density at radius 1 is 1.40 bits per heavy atom. The first-order chi connectivity index (χ1) is 9.53. The van der Waals surface area contributed by atoms with Crippen molar-refractivity contribution in [1.29, 1.82) is 0 Å². The van der Waals surface area contributed by atoms with Gasteiger partial charge in [0.15, 0.2) is 0 Å². The zero-order valence-electron chi connectivity index (χ0n) is 12.4. The van der Waals surface area contributed by atoms with Gasteiger partial charge in [0.05, 0.1) is 25.3 Å². The predicted molar refractivity (Wildman–Crippen MR) is 74.3 cm³/mol. The van der Waals surface area contributed by atoms with Crippen molar-refractivity contribution < 1.29 is 18.7 Å². The van der Waals surface area contributed by atoms with Gasteiger partial charge in [-0.05, 0) is 26.8 Å². The SMILES string of the molecule is CCN(CC)C(=O)C(C)NCc1cc(C(=O)OC)co1. The number of carbonyl (C=O) groups is 2. The van der Waals surface area contributed by atoms with Gasteiger partial charge in [-0.2, -0.15) is 0 Å². The minimum atomic E-state index is -0.438. The van der Waals surface area contributed by atoms with Crippen LogP contribution in [0.4, 0.5) is 0 Å². The molecule has 0 spiro atoms. The lowest BCUT2D eigenvalue weighted by Gasteiger charge is -2.23. The van der Waals surface area contributed by atoms with E-state index in [1.54, 1.807) is 11.0 Å². The Morgan fingerprint density at radius 2 is 2.05 bits per heavy atom. The van der Waals surface area contributed by atoms with Crippen molar-refractivity contribution in [2.75, 3.05) is 20.2 Å². The summed E-state index contributed by atoms with van der Waals surface area (Å²) in [6.45, 7) is 7.46. The first-order valence-electron chi connectivity index (χ1n) is 6.71. The van der Waals surface area contributed by atoms with Crippen LogP contribution >= 0.6 is 0 Å². The van der Waals surface area contributed by atoms with Gasteiger partial charge in [-0.15, -0.1) is 0 Å². The maximum absolute atomic E-state index is 12.0. The number of likely N-dealkylation sites (N-methyl/N-ethyl adjacent to an activating group) is 1. The van der Waals surface area contributed by atoms with Crippen LogP contribution < -0.4 is 5.32 Å². The number of carbonyl (C=O) groups excluding carboxylic acids is 2. The van der Waals surface area contributed by atoms with E-state index in [1.165, 1.54) is 13.4 Å². The summed E-state index contributed by atoms with van der Waals surface area (Å²) in [5.41, 5.74) is 0.368. The van der Waals surface area contributed by atoms with Crippen LogP contribution in [0.5, 0.6) is 0 Å². The Balaban J connectivity index is 2.52. The monoisotopic (exact) mass is 282 g/mol. The van der Waals surface area contributed by atoms with E-state index in [-0.39, 0.29) is 11.9 Å². The van der Waals surface area contributed by atoms with Crippen LogP contribution in [0.15, 0.2) is 16.7 Å². The summed E-state index contributed by atoms with van der Waals surface area (Å²) in [6, 6.07) is 1.30. The maximum atomic E-state index is 12.0. The largest absolute Gasteiger partial charge is 0.467 e. The number of methoxy groups -OCH3 is 1. The number of nitrogens with one attached hydrogen (secondary N) is 1. The summed E-state index contributed by atoms with van der Waals surface area (Å²) in [4.78, 5) is 25.1. The molecule has 1 N–H and O–H groups in total. The summed E-state index contributed by atoms with van der Waals surface area (Å²) in [6.07, 6.45) is 1.35. The lowest BCUT2D eigenvalue weighted by Crippen LogP contribution is -2.44. The first-order valence-corrected chi connectivity index (χ1v) is 6.71. The molecule has 112 valence electrons. The van der Waals surface area contributed by atoms with Crippen LogP contribution in [0.2, 0.25) is 0 Å². The fraction of sp³-hybridized carbons (Fsp3) is 0.571. The second-order valence-corrected chi connectivity index (χ2v) is 4.41. The second-order valence-electron chi connectivity index (χ2n) is 4.41. The Labute approximate surface area is 119 Å². The minimum Gasteiger partial charge on any atom is -0.467 e. The Kier molecular flexibility index (Phi) is 6.24. The minimum absolute atomic E-state index is 0.0507. The summed E-state index contributed by atoms with van der Waals surface area (Å²) in [5.74, 6) is 0.201. The molecule has 1 heterocycles. The van der Waals surface area contributed by atoms with Crippen molar-refractivity contribution in [2.24, 2.45) is 0 Å². The molecule has 0 bridgehead atoms. The van der Waals surface area contributed by atoms with Gasteiger partial charge in [0.25, 0.3) is 0 Å². The van der Waals surface area contributed by atoms with E-state index in [4.69, 9.17) is 4.42 Å². The summed E-state index contributed by atoms with van der Waals surface area (Å²) in [5, 5.41) is 3.08. The highest BCUT2D eigenvalue weighted by molar-refractivity contribution is 5.89. The van der Waals surface area contributed by atoms with Crippen molar-refractivity contribution in [1.82, 2.24) is 10.2 Å². The molecule has 0 radical (unpaired) electrons. The van der Waals surface area contributed by atoms with E-state index in [9.17, 15) is 9.59 Å². The second kappa shape index (κ2) is 7.69. The number of amides is 1. The molecule has 0 aliphatic rings. The third-order valence-electron chi connectivity index (χ3n) is 3.10. The zero-order chi connectivity index (χ0) is 15.1. The van der Waals surface area contributed by atoms with Gasteiger partial charge in [0.2, 0.25) is 5.91 Å². The smallest absolute Gasteiger partial charge is 0.341 e. The standard InChI is InChI=1S/C14H22N2O4/c1-5-16(6-2)13(17)10(3)15-8-12-7-11(9-20-12)14(18)19-4/h7,9-10,15H,5-6,8H2,1-4H3. The summed E-state index contributed by atoms with van der Waals surface area (Å²) < 4.78 is 9.84. The zero-order valence-corrected chi connectivity index (χ0v) is 12.4. The van der Waals surface area contributed by atoms with E-state index < -0.39 is 5.97 Å². The molecule has 0 aliphatic heterocycles. The molecular formula is C14H22N2O4. The van der Waals surface area contributed by atoms with Crippen LogP contribution in [-0.4, -0.2) is 43.0 Å². The fourth-order valence-electron chi connectivity index (χ4n) is 1.85. The first kappa shape index (κ1) is 16.2. The van der Waals surface area contributed by atoms with Crippen LogP contribution in [0.25, 0.3) is 0 Å². The van der Waals surface area contributed by atoms with Gasteiger partial charge >= 0.3 is 5.97 Å².